The Balaban J connectivity index is 2.72. The van der Waals surface area contributed by atoms with Crippen molar-refractivity contribution in [3.63, 3.8) is 0 Å². The fraction of sp³-hybridized carbons (Fsp3) is 0.240. The number of hydrogen-bond donors (Lipinski definition) is 3. The van der Waals surface area contributed by atoms with Gasteiger partial charge in [0.2, 0.25) is 5.95 Å². The topological polar surface area (TPSA) is 48.5 Å². The smallest absolute Gasteiger partial charge is 0.206 e. The zero-order chi connectivity index (χ0) is 22.9. The third-order valence-electron chi connectivity index (χ3n) is 4.24. The van der Waals surface area contributed by atoms with E-state index in [1.54, 1.807) is 12.2 Å². The molecule has 0 aliphatic heterocycles. The highest BCUT2D eigenvalue weighted by molar-refractivity contribution is 6.10. The summed E-state index contributed by atoms with van der Waals surface area (Å²) in [5.74, 6) is -0.155. The van der Waals surface area contributed by atoms with Crippen molar-refractivity contribution in [2.24, 2.45) is 10.4 Å². The number of rotatable bonds is 10. The molecule has 0 saturated heterocycles. The predicted molar refractivity (Wildman–Crippen MR) is 130 cm³/mol. The van der Waals surface area contributed by atoms with Crippen molar-refractivity contribution in [1.29, 1.82) is 0 Å². The van der Waals surface area contributed by atoms with Crippen molar-refractivity contribution >= 4 is 17.1 Å². The van der Waals surface area contributed by atoms with Gasteiger partial charge in [0, 0.05) is 17.1 Å². The van der Waals surface area contributed by atoms with Crippen molar-refractivity contribution in [1.82, 2.24) is 5.32 Å². The molecule has 0 amide bonds. The van der Waals surface area contributed by atoms with Gasteiger partial charge in [-0.1, -0.05) is 52.2 Å². The summed E-state index contributed by atoms with van der Waals surface area (Å²) in [5, 5.41) is 9.45. The van der Waals surface area contributed by atoms with Crippen LogP contribution in [-0.2, 0) is 0 Å². The lowest BCUT2D eigenvalue weighted by molar-refractivity contribution is 0.503. The number of benzene rings is 1. The van der Waals surface area contributed by atoms with Crippen LogP contribution < -0.4 is 16.0 Å². The molecule has 5 heteroatoms. The van der Waals surface area contributed by atoms with Gasteiger partial charge in [0.25, 0.3) is 0 Å². The second-order valence-corrected chi connectivity index (χ2v) is 7.89. The van der Waals surface area contributed by atoms with E-state index in [4.69, 9.17) is 0 Å². The minimum atomic E-state index is -0.772. The largest absolute Gasteiger partial charge is 0.354 e. The first-order valence-corrected chi connectivity index (χ1v) is 9.65. The summed E-state index contributed by atoms with van der Waals surface area (Å²) in [6.45, 7) is 25.5. The van der Waals surface area contributed by atoms with E-state index < -0.39 is 5.95 Å². The highest BCUT2D eigenvalue weighted by atomic mass is 19.1. The SMILES string of the molecule is C=C(F)/N=C(\C=CC)C(=C)Nc1ccc(NC(=C)NC(=C)/C=C(\C)C(C)(C)C)cc1. The Kier molecular flexibility index (Phi) is 9.06. The number of aliphatic imine (C=N–C) groups is 1. The molecule has 0 bridgehead atoms. The third kappa shape index (κ3) is 8.78. The van der Waals surface area contributed by atoms with E-state index in [1.165, 1.54) is 5.57 Å². The first-order chi connectivity index (χ1) is 13.9. The van der Waals surface area contributed by atoms with Gasteiger partial charge in [-0.15, -0.1) is 0 Å². The minimum absolute atomic E-state index is 0.0845. The van der Waals surface area contributed by atoms with E-state index in [0.717, 1.165) is 17.1 Å². The van der Waals surface area contributed by atoms with Crippen LogP contribution >= 0.6 is 0 Å². The molecule has 160 valence electrons. The van der Waals surface area contributed by atoms with Gasteiger partial charge in [0.15, 0.2) is 0 Å². The number of nitrogens with zero attached hydrogens (tertiary/aromatic N) is 1. The summed E-state index contributed by atoms with van der Waals surface area (Å²) in [6.07, 6.45) is 5.43. The van der Waals surface area contributed by atoms with Gasteiger partial charge >= 0.3 is 0 Å². The molecule has 0 aliphatic rings. The first-order valence-electron chi connectivity index (χ1n) is 9.65. The lowest BCUT2D eigenvalue weighted by atomic mass is 9.87. The number of anilines is 2. The molecular weight excluding hydrogens is 375 g/mol. The number of hydrogen-bond acceptors (Lipinski definition) is 4. The average molecular weight is 409 g/mol. The molecule has 0 spiro atoms. The fourth-order valence-electron chi connectivity index (χ4n) is 2.28. The second-order valence-electron chi connectivity index (χ2n) is 7.89. The van der Waals surface area contributed by atoms with E-state index in [1.807, 2.05) is 37.3 Å². The van der Waals surface area contributed by atoms with Crippen molar-refractivity contribution < 1.29 is 4.39 Å². The molecule has 0 fully saturated rings. The summed E-state index contributed by atoms with van der Waals surface area (Å²) < 4.78 is 13.0. The van der Waals surface area contributed by atoms with Crippen molar-refractivity contribution in [2.45, 2.75) is 34.6 Å². The Morgan fingerprint density at radius 2 is 1.53 bits per heavy atom. The highest BCUT2D eigenvalue weighted by Gasteiger charge is 2.12. The lowest BCUT2D eigenvalue weighted by Crippen LogP contribution is -2.17. The third-order valence-corrected chi connectivity index (χ3v) is 4.24. The van der Waals surface area contributed by atoms with Crippen LogP contribution in [0, 0.1) is 5.41 Å². The molecule has 1 aromatic carbocycles. The lowest BCUT2D eigenvalue weighted by Gasteiger charge is -2.20. The number of nitrogens with one attached hydrogen (secondary N) is 3. The van der Waals surface area contributed by atoms with Crippen molar-refractivity contribution in [2.75, 3.05) is 10.6 Å². The molecule has 1 rings (SSSR count). The summed E-state index contributed by atoms with van der Waals surface area (Å²) in [5.41, 5.74) is 4.56. The molecule has 0 saturated carbocycles. The second kappa shape index (κ2) is 11.0. The van der Waals surface area contributed by atoms with Crippen molar-refractivity contribution in [3.8, 4) is 0 Å². The van der Waals surface area contributed by atoms with E-state index >= 15 is 0 Å². The zero-order valence-electron chi connectivity index (χ0n) is 18.7. The summed E-state index contributed by atoms with van der Waals surface area (Å²) in [7, 11) is 0. The van der Waals surface area contributed by atoms with Gasteiger partial charge in [-0.25, -0.2) is 4.99 Å². The van der Waals surface area contributed by atoms with Crippen LogP contribution in [0.25, 0.3) is 0 Å². The van der Waals surface area contributed by atoms with E-state index in [9.17, 15) is 4.39 Å². The Hall–Kier alpha value is -3.34. The normalized spacial score (nSPS) is 12.5. The molecule has 30 heavy (non-hydrogen) atoms. The maximum Gasteiger partial charge on any atom is 0.206 e. The van der Waals surface area contributed by atoms with Crippen LogP contribution in [0.1, 0.15) is 34.6 Å². The van der Waals surface area contributed by atoms with Crippen LogP contribution in [0.4, 0.5) is 15.8 Å². The van der Waals surface area contributed by atoms with Gasteiger partial charge in [-0.3, -0.25) is 0 Å². The molecule has 0 radical (unpaired) electrons. The number of allylic oxidation sites excluding steroid dienone is 4. The van der Waals surface area contributed by atoms with Crippen LogP contribution in [0.5, 0.6) is 0 Å². The summed E-state index contributed by atoms with van der Waals surface area (Å²) in [4.78, 5) is 3.74. The quantitative estimate of drug-likeness (QED) is 0.221. The molecule has 3 N–H and O–H groups in total. The van der Waals surface area contributed by atoms with E-state index in [2.05, 4.69) is 75.0 Å². The molecule has 0 atom stereocenters. The van der Waals surface area contributed by atoms with Gasteiger partial charge in [0.05, 0.1) is 11.4 Å². The fourth-order valence-corrected chi connectivity index (χ4v) is 2.28. The van der Waals surface area contributed by atoms with Crippen LogP contribution in [-0.4, -0.2) is 5.71 Å². The minimum Gasteiger partial charge on any atom is -0.354 e. The molecular formula is C25H33FN4. The van der Waals surface area contributed by atoms with Gasteiger partial charge in [-0.2, -0.15) is 4.39 Å². The van der Waals surface area contributed by atoms with Crippen LogP contribution in [0.2, 0.25) is 0 Å². The predicted octanol–water partition coefficient (Wildman–Crippen LogP) is 7.05. The van der Waals surface area contributed by atoms with Crippen LogP contribution in [0.3, 0.4) is 0 Å². The Bertz CT molecular complexity index is 894. The number of halogens is 1. The van der Waals surface area contributed by atoms with Gasteiger partial charge in [0.1, 0.15) is 5.82 Å². The summed E-state index contributed by atoms with van der Waals surface area (Å²) in [6, 6.07) is 7.53. The highest BCUT2D eigenvalue weighted by Crippen LogP contribution is 2.25. The maximum atomic E-state index is 13.0. The Morgan fingerprint density at radius 3 is 2.00 bits per heavy atom. The molecule has 0 aliphatic carbocycles. The Labute approximate surface area is 180 Å². The monoisotopic (exact) mass is 408 g/mol. The van der Waals surface area contributed by atoms with Crippen molar-refractivity contribution in [3.05, 3.63) is 97.5 Å². The van der Waals surface area contributed by atoms with Gasteiger partial charge in [-0.05, 0) is 62.3 Å². The molecule has 0 heterocycles. The summed E-state index contributed by atoms with van der Waals surface area (Å²) >= 11 is 0. The maximum absolute atomic E-state index is 13.0. The van der Waals surface area contributed by atoms with Gasteiger partial charge < -0.3 is 16.0 Å². The average Bonchev–Trinajstić information content (AvgIpc) is 2.61. The van der Waals surface area contributed by atoms with Crippen LogP contribution in [0.15, 0.2) is 103 Å². The molecule has 4 nitrogen and oxygen atoms in total. The molecule has 1 aromatic rings. The first kappa shape index (κ1) is 24.7. The standard InChI is InChI=1S/C25H33FN4/c1-10-11-24(29-20(5)26)19(4)28-22-12-14-23(15-13-22)30-21(6)27-18(3)16-17(2)25(7,8)9/h10-16,27-28,30H,3-6H2,1-2,7-9H3/b11-10?,17-16+,29-24+. The molecule has 0 unspecified atom stereocenters. The zero-order valence-corrected chi connectivity index (χ0v) is 18.7. The van der Waals surface area contributed by atoms with E-state index in [-0.39, 0.29) is 5.41 Å². The Morgan fingerprint density at radius 1 is 1.00 bits per heavy atom. The van der Waals surface area contributed by atoms with E-state index in [0.29, 0.717) is 17.2 Å². The molecule has 0 aromatic heterocycles.